The van der Waals surface area contributed by atoms with Crippen molar-refractivity contribution >= 4 is 54.7 Å². The van der Waals surface area contributed by atoms with Crippen molar-refractivity contribution in [2.45, 2.75) is 22.4 Å². The molecule has 1 aliphatic carbocycles. The van der Waals surface area contributed by atoms with E-state index in [9.17, 15) is 55.6 Å². The highest BCUT2D eigenvalue weighted by molar-refractivity contribution is 7.86. The van der Waals surface area contributed by atoms with E-state index in [1.165, 1.54) is 36.4 Å². The fraction of sp³-hybridized carbons (Fsp3) is 0.125. The number of phenols is 1. The maximum atomic E-state index is 13.0. The minimum Gasteiger partial charge on any atom is -0.507 e. The Bertz CT molecular complexity index is 2570. The van der Waals surface area contributed by atoms with E-state index in [1.54, 1.807) is 5.48 Å². The summed E-state index contributed by atoms with van der Waals surface area (Å²) in [4.78, 5) is 36.0. The van der Waals surface area contributed by atoms with Gasteiger partial charge in [-0.1, -0.05) is 12.1 Å². The second-order valence-electron chi connectivity index (χ2n) is 11.3. The largest absolute Gasteiger partial charge is 0.507 e. The van der Waals surface area contributed by atoms with Crippen LogP contribution in [0.2, 0.25) is 0 Å². The number of rotatable bonds is 12. The van der Waals surface area contributed by atoms with Crippen LogP contribution in [-0.4, -0.2) is 77.3 Å². The number of fused-ring (bicyclic) bond motifs is 2. The van der Waals surface area contributed by atoms with Gasteiger partial charge in [-0.15, -0.1) is 0 Å². The summed E-state index contributed by atoms with van der Waals surface area (Å²) in [6, 6.07) is 11.5. The molecule has 2 amide bonds. The zero-order valence-corrected chi connectivity index (χ0v) is 28.4. The number of aromatic carboxylic acids is 1. The molecule has 0 aromatic heterocycles. The van der Waals surface area contributed by atoms with Gasteiger partial charge >= 0.3 is 5.97 Å². The first-order valence-corrected chi connectivity index (χ1v) is 17.9. The minimum absolute atomic E-state index is 0.00494. The Labute approximate surface area is 298 Å². The highest BCUT2D eigenvalue weighted by Crippen LogP contribution is 2.45. The van der Waals surface area contributed by atoms with Gasteiger partial charge in [0.2, 0.25) is 0 Å². The van der Waals surface area contributed by atoms with Crippen LogP contribution in [-0.2, 0) is 20.2 Å². The molecule has 3 aromatic carbocycles. The van der Waals surface area contributed by atoms with Crippen molar-refractivity contribution in [2.75, 3.05) is 18.8 Å². The third kappa shape index (κ3) is 7.66. The molecule has 0 bridgehead atoms. The molecular weight excluding hydrogens is 743 g/mol. The lowest BCUT2D eigenvalue weighted by Gasteiger charge is -2.20. The van der Waals surface area contributed by atoms with Crippen molar-refractivity contribution in [3.05, 3.63) is 88.3 Å². The minimum atomic E-state index is -5.21. The summed E-state index contributed by atoms with van der Waals surface area (Å²) in [7, 11) is -10.4. The van der Waals surface area contributed by atoms with E-state index in [0.717, 1.165) is 24.3 Å². The molecule has 1 aliphatic heterocycles. The second kappa shape index (κ2) is 14.6. The number of carbonyl (C=O) groups excluding carboxylic acids is 2. The van der Waals surface area contributed by atoms with Crippen LogP contribution in [0.4, 0.5) is 5.69 Å². The lowest BCUT2D eigenvalue weighted by molar-refractivity contribution is -0.000568. The van der Waals surface area contributed by atoms with Crippen LogP contribution >= 0.6 is 0 Å². The predicted molar refractivity (Wildman–Crippen MR) is 182 cm³/mol. The van der Waals surface area contributed by atoms with E-state index in [-0.39, 0.29) is 58.3 Å². The molecule has 19 nitrogen and oxygen atoms in total. The Balaban J connectivity index is 1.46. The second-order valence-corrected chi connectivity index (χ2v) is 14.1. The van der Waals surface area contributed by atoms with Crippen molar-refractivity contribution < 1.29 is 65.3 Å². The van der Waals surface area contributed by atoms with Crippen LogP contribution in [0.25, 0.3) is 33.4 Å². The van der Waals surface area contributed by atoms with Crippen LogP contribution in [0.5, 0.6) is 5.75 Å². The number of carboxylic acids is 1. The third-order valence-electron chi connectivity index (χ3n) is 7.93. The molecule has 12 N–H and O–H groups in total. The number of carbonyl (C=O) groups is 3. The number of nitrogens with two attached hydrogens (primary N) is 1. The number of nitrogen functional groups attached to an aromatic ring is 1. The number of aliphatic hydroxyl groups excluding tert-OH is 1. The Hall–Kier alpha value is -5.94. The van der Waals surface area contributed by atoms with Gasteiger partial charge in [-0.2, -0.15) is 22.3 Å². The fourth-order valence-electron chi connectivity index (χ4n) is 5.56. The molecule has 2 aliphatic rings. The number of aliphatic hydroxyl groups is 1. The highest BCUT2D eigenvalue weighted by Gasteiger charge is 2.32. The number of phenolic OH excluding ortho intramolecular Hbond substituents is 1. The maximum Gasteiger partial charge on any atom is 0.336 e. The van der Waals surface area contributed by atoms with Crippen LogP contribution in [0.15, 0.2) is 74.9 Å². The number of amides is 2. The molecule has 1 unspecified atom stereocenters. The van der Waals surface area contributed by atoms with E-state index in [4.69, 9.17) is 20.8 Å². The Morgan fingerprint density at radius 2 is 1.42 bits per heavy atom. The summed E-state index contributed by atoms with van der Waals surface area (Å²) in [5.74, 6) is -4.09. The Morgan fingerprint density at radius 1 is 0.830 bits per heavy atom. The summed E-state index contributed by atoms with van der Waals surface area (Å²) < 4.78 is 75.1. The lowest BCUT2D eigenvalue weighted by Crippen LogP contribution is -2.30. The van der Waals surface area contributed by atoms with Crippen molar-refractivity contribution in [1.82, 2.24) is 16.1 Å². The number of nitrogens with one attached hydrogen (secondary N) is 4. The van der Waals surface area contributed by atoms with Gasteiger partial charge in [0.05, 0.1) is 16.6 Å². The van der Waals surface area contributed by atoms with Crippen LogP contribution in [0.1, 0.15) is 49.3 Å². The topological polar surface area (TPSA) is 340 Å². The zero-order valence-electron chi connectivity index (χ0n) is 26.8. The molecule has 21 heteroatoms. The number of hydrogen-bond acceptors (Lipinski definition) is 14. The summed E-state index contributed by atoms with van der Waals surface area (Å²) in [6.45, 7) is 0.0631. The number of hydrogen-bond donors (Lipinski definition) is 11. The Kier molecular flexibility index (Phi) is 10.5. The van der Waals surface area contributed by atoms with Gasteiger partial charge in [-0.05, 0) is 60.5 Å². The van der Waals surface area contributed by atoms with Crippen molar-refractivity contribution in [3.63, 3.8) is 0 Å². The smallest absolute Gasteiger partial charge is 0.336 e. The van der Waals surface area contributed by atoms with Crippen molar-refractivity contribution in [2.24, 2.45) is 0 Å². The normalized spacial score (nSPS) is 12.5. The summed E-state index contributed by atoms with van der Waals surface area (Å²) >= 11 is 0. The fourth-order valence-corrected chi connectivity index (χ4v) is 7.04. The van der Waals surface area contributed by atoms with Gasteiger partial charge in [0, 0.05) is 46.3 Å². The van der Waals surface area contributed by atoms with Gasteiger partial charge in [0.15, 0.2) is 27.4 Å². The van der Waals surface area contributed by atoms with Crippen LogP contribution in [0, 0.1) is 5.41 Å². The molecule has 1 atom stereocenters. The number of aromatic hydroxyl groups is 1. The molecular formula is C32H29N5O14S2. The highest BCUT2D eigenvalue weighted by atomic mass is 32.2. The monoisotopic (exact) mass is 771 g/mol. The van der Waals surface area contributed by atoms with Crippen LogP contribution < -0.4 is 27.2 Å². The zero-order chi connectivity index (χ0) is 39.0. The van der Waals surface area contributed by atoms with Crippen molar-refractivity contribution in [3.8, 4) is 28.2 Å². The summed E-state index contributed by atoms with van der Waals surface area (Å²) in [5, 5.41) is 50.9. The van der Waals surface area contributed by atoms with E-state index < -0.39 is 87.7 Å². The molecule has 278 valence electrons. The van der Waals surface area contributed by atoms with Crippen LogP contribution in [0.3, 0.4) is 0 Å². The SMILES string of the molecule is N=c1ccc2c(-c3ccc(C(=O)NCCCNC(=O)c4ccc(C(O)NO)c(O)c4)cc3C(=O)O)c3ccc(N)c(S(=O)(=O)O)c3oc-2c1S(=O)(=O)O. The van der Waals surface area contributed by atoms with Gasteiger partial charge in [-0.3, -0.25) is 24.1 Å². The molecule has 0 spiro atoms. The molecule has 0 radical (unpaired) electrons. The average Bonchev–Trinajstić information content (AvgIpc) is 3.08. The van der Waals surface area contributed by atoms with E-state index in [0.29, 0.717) is 0 Å². The number of benzene rings is 4. The number of anilines is 1. The molecule has 5 rings (SSSR count). The van der Waals surface area contributed by atoms with Gasteiger partial charge in [0.1, 0.15) is 5.75 Å². The lowest BCUT2D eigenvalue weighted by atomic mass is 9.89. The standard InChI is InChI=1S/C32H29N5O14S2/c33-21-8-6-18-24(19-7-9-22(34)28(53(48,49)50)26(19)51-25(18)27(21)52(45,46)47)16-4-2-14(12-20(16)32(42)43)29(39)35-10-1-11-36-30(40)15-3-5-17(23(38)13-15)31(41)37-44/h2-9,12-13,31,33,37-38,41,44H,1,10-11,34H2,(H,35,39)(H,36,40)(H,42,43)(H,45,46,47)(H,48,49,50). The van der Waals surface area contributed by atoms with Gasteiger partial charge < -0.3 is 41.3 Å². The average molecular weight is 772 g/mol. The molecule has 1 heterocycles. The van der Waals surface area contributed by atoms with E-state index in [1.807, 2.05) is 0 Å². The Morgan fingerprint density at radius 3 is 1.98 bits per heavy atom. The first-order chi connectivity index (χ1) is 24.8. The summed E-state index contributed by atoms with van der Waals surface area (Å²) in [6.07, 6.45) is -1.37. The van der Waals surface area contributed by atoms with E-state index in [2.05, 4.69) is 10.6 Å². The number of hydroxylamine groups is 1. The van der Waals surface area contributed by atoms with Gasteiger partial charge in [0.25, 0.3) is 32.1 Å². The first-order valence-electron chi connectivity index (χ1n) is 15.0. The molecule has 53 heavy (non-hydrogen) atoms. The molecule has 0 fully saturated rings. The maximum absolute atomic E-state index is 13.0. The van der Waals surface area contributed by atoms with Gasteiger partial charge in [-0.25, -0.2) is 4.79 Å². The molecule has 0 saturated carbocycles. The quantitative estimate of drug-likeness (QED) is 0.0215. The van der Waals surface area contributed by atoms with E-state index >= 15 is 0 Å². The third-order valence-corrected chi connectivity index (χ3v) is 9.79. The molecule has 3 aromatic rings. The summed E-state index contributed by atoms with van der Waals surface area (Å²) in [5.41, 5.74) is 4.89. The first kappa shape index (κ1) is 38.3. The van der Waals surface area contributed by atoms with Crippen molar-refractivity contribution in [1.29, 1.82) is 5.41 Å². The number of carboxylic acid groups (broad SMARTS) is 1. The predicted octanol–water partition coefficient (Wildman–Crippen LogP) is 1.68. The molecule has 0 saturated heterocycles.